The first-order chi connectivity index (χ1) is 10.8. The summed E-state index contributed by atoms with van der Waals surface area (Å²) in [4.78, 5) is 8.89. The van der Waals surface area contributed by atoms with Crippen molar-refractivity contribution in [3.05, 3.63) is 23.9 Å². The summed E-state index contributed by atoms with van der Waals surface area (Å²) in [6.45, 7) is 7.90. The second-order valence-corrected chi connectivity index (χ2v) is 4.70. The average Bonchev–Trinajstić information content (AvgIpc) is 2.56. The van der Waals surface area contributed by atoms with Gasteiger partial charge in [0.15, 0.2) is 5.96 Å². The number of aromatic nitrogens is 1. The topological polar surface area (TPSA) is 67.8 Å². The number of unbranched alkanes of at least 4 members (excludes halogenated alkanes) is 1. The van der Waals surface area contributed by atoms with Gasteiger partial charge in [-0.1, -0.05) is 6.07 Å². The van der Waals surface area contributed by atoms with Gasteiger partial charge in [-0.25, -0.2) is 9.98 Å². The van der Waals surface area contributed by atoms with Crippen molar-refractivity contribution in [2.75, 3.05) is 33.4 Å². The van der Waals surface area contributed by atoms with Crippen LogP contribution >= 0.6 is 24.0 Å². The number of ether oxygens (including phenoxy) is 2. The standard InChI is InChI=1S/C16H28N4O2.HI/c1-4-17-16(18-11-6-7-12-22-5-2)19-13-14-9-8-10-15(20-14)21-3;/h8-10H,4-7,11-13H2,1-3H3,(H2,17,18,19);1H. The van der Waals surface area contributed by atoms with Gasteiger partial charge in [-0.15, -0.1) is 24.0 Å². The molecule has 0 saturated carbocycles. The average molecular weight is 436 g/mol. The van der Waals surface area contributed by atoms with Crippen molar-refractivity contribution in [1.82, 2.24) is 15.6 Å². The van der Waals surface area contributed by atoms with Crippen LogP contribution in [0.15, 0.2) is 23.2 Å². The van der Waals surface area contributed by atoms with Crippen LogP contribution in [0.3, 0.4) is 0 Å². The normalized spacial score (nSPS) is 10.8. The molecule has 0 fully saturated rings. The molecule has 1 rings (SSSR count). The zero-order valence-corrected chi connectivity index (χ0v) is 16.6. The Balaban J connectivity index is 0.00000484. The lowest BCUT2D eigenvalue weighted by Crippen LogP contribution is -2.37. The van der Waals surface area contributed by atoms with E-state index in [-0.39, 0.29) is 24.0 Å². The minimum Gasteiger partial charge on any atom is -0.481 e. The van der Waals surface area contributed by atoms with Gasteiger partial charge in [0.1, 0.15) is 0 Å². The molecule has 0 spiro atoms. The van der Waals surface area contributed by atoms with Gasteiger partial charge in [-0.2, -0.15) is 0 Å². The van der Waals surface area contributed by atoms with Crippen LogP contribution in [-0.4, -0.2) is 44.4 Å². The minimum absolute atomic E-state index is 0. The monoisotopic (exact) mass is 436 g/mol. The predicted octanol–water partition coefficient (Wildman–Crippen LogP) is 2.58. The molecule has 0 aromatic carbocycles. The molecule has 0 aliphatic rings. The molecular weight excluding hydrogens is 407 g/mol. The number of hydrogen-bond acceptors (Lipinski definition) is 4. The summed E-state index contributed by atoms with van der Waals surface area (Å²) in [6, 6.07) is 5.69. The van der Waals surface area contributed by atoms with E-state index in [0.717, 1.165) is 50.8 Å². The first-order valence-electron chi connectivity index (χ1n) is 7.90. The van der Waals surface area contributed by atoms with Crippen LogP contribution in [-0.2, 0) is 11.3 Å². The Morgan fingerprint density at radius 3 is 2.74 bits per heavy atom. The van der Waals surface area contributed by atoms with E-state index in [2.05, 4.69) is 27.5 Å². The van der Waals surface area contributed by atoms with Gasteiger partial charge in [0, 0.05) is 32.4 Å². The van der Waals surface area contributed by atoms with Gasteiger partial charge in [-0.05, 0) is 32.8 Å². The number of hydrogen-bond donors (Lipinski definition) is 2. The Morgan fingerprint density at radius 1 is 1.22 bits per heavy atom. The van der Waals surface area contributed by atoms with E-state index >= 15 is 0 Å². The highest BCUT2D eigenvalue weighted by Crippen LogP contribution is 2.07. The summed E-state index contributed by atoms with van der Waals surface area (Å²) in [5.41, 5.74) is 0.882. The SMILES string of the molecule is CCNC(=NCc1cccc(OC)n1)NCCCCOCC.I. The van der Waals surface area contributed by atoms with Crippen molar-refractivity contribution in [2.24, 2.45) is 4.99 Å². The Bertz CT molecular complexity index is 444. The molecule has 23 heavy (non-hydrogen) atoms. The summed E-state index contributed by atoms with van der Waals surface area (Å²) in [7, 11) is 1.61. The van der Waals surface area contributed by atoms with Gasteiger partial charge >= 0.3 is 0 Å². The quantitative estimate of drug-likeness (QED) is 0.256. The molecule has 7 heteroatoms. The van der Waals surface area contributed by atoms with Crippen molar-refractivity contribution >= 4 is 29.9 Å². The molecule has 0 unspecified atom stereocenters. The van der Waals surface area contributed by atoms with Crippen LogP contribution in [0.2, 0.25) is 0 Å². The van der Waals surface area contributed by atoms with E-state index in [1.807, 2.05) is 25.1 Å². The van der Waals surface area contributed by atoms with Gasteiger partial charge < -0.3 is 20.1 Å². The summed E-state index contributed by atoms with van der Waals surface area (Å²) >= 11 is 0. The van der Waals surface area contributed by atoms with E-state index < -0.39 is 0 Å². The molecule has 2 N–H and O–H groups in total. The third-order valence-electron chi connectivity index (χ3n) is 2.95. The first-order valence-corrected chi connectivity index (χ1v) is 7.90. The van der Waals surface area contributed by atoms with Crippen LogP contribution < -0.4 is 15.4 Å². The second kappa shape index (κ2) is 14.5. The van der Waals surface area contributed by atoms with Crippen molar-refractivity contribution in [1.29, 1.82) is 0 Å². The summed E-state index contributed by atoms with van der Waals surface area (Å²) in [5, 5.41) is 6.55. The molecule has 1 aromatic heterocycles. The molecular formula is C16H29IN4O2. The molecule has 1 heterocycles. The number of nitrogens with one attached hydrogen (secondary N) is 2. The Kier molecular flexibility index (Phi) is 13.8. The molecule has 0 atom stereocenters. The first kappa shape index (κ1) is 21.9. The lowest BCUT2D eigenvalue weighted by Gasteiger charge is -2.11. The zero-order valence-electron chi connectivity index (χ0n) is 14.3. The van der Waals surface area contributed by atoms with Gasteiger partial charge in [0.25, 0.3) is 0 Å². The van der Waals surface area contributed by atoms with Crippen LogP contribution in [0, 0.1) is 0 Å². The predicted molar refractivity (Wildman–Crippen MR) is 105 cm³/mol. The van der Waals surface area contributed by atoms with Crippen molar-refractivity contribution in [2.45, 2.75) is 33.2 Å². The summed E-state index contributed by atoms with van der Waals surface area (Å²) < 4.78 is 10.4. The highest BCUT2D eigenvalue weighted by Gasteiger charge is 1.99. The Labute approximate surface area is 156 Å². The third kappa shape index (κ3) is 10.3. The Morgan fingerprint density at radius 2 is 2.04 bits per heavy atom. The number of pyridine rings is 1. The number of halogens is 1. The van der Waals surface area contributed by atoms with Crippen molar-refractivity contribution < 1.29 is 9.47 Å². The second-order valence-electron chi connectivity index (χ2n) is 4.70. The van der Waals surface area contributed by atoms with E-state index in [4.69, 9.17) is 9.47 Å². The maximum absolute atomic E-state index is 5.32. The van der Waals surface area contributed by atoms with E-state index in [1.54, 1.807) is 7.11 Å². The molecule has 0 aliphatic heterocycles. The lowest BCUT2D eigenvalue weighted by molar-refractivity contribution is 0.143. The van der Waals surface area contributed by atoms with Crippen molar-refractivity contribution in [3.8, 4) is 5.88 Å². The van der Waals surface area contributed by atoms with Crippen LogP contribution in [0.4, 0.5) is 0 Å². The number of aliphatic imine (C=N–C) groups is 1. The minimum atomic E-state index is 0. The number of guanidine groups is 1. The highest BCUT2D eigenvalue weighted by atomic mass is 127. The maximum Gasteiger partial charge on any atom is 0.213 e. The maximum atomic E-state index is 5.32. The Hall–Kier alpha value is -1.09. The summed E-state index contributed by atoms with van der Waals surface area (Å²) in [5.74, 6) is 1.42. The molecule has 6 nitrogen and oxygen atoms in total. The summed E-state index contributed by atoms with van der Waals surface area (Å²) in [6.07, 6.45) is 2.11. The highest BCUT2D eigenvalue weighted by molar-refractivity contribution is 14.0. The van der Waals surface area contributed by atoms with E-state index in [1.165, 1.54) is 0 Å². The molecule has 0 bridgehead atoms. The fourth-order valence-corrected chi connectivity index (χ4v) is 1.84. The van der Waals surface area contributed by atoms with Crippen molar-refractivity contribution in [3.63, 3.8) is 0 Å². The fourth-order valence-electron chi connectivity index (χ4n) is 1.84. The number of methoxy groups -OCH3 is 1. The molecule has 1 aromatic rings. The largest absolute Gasteiger partial charge is 0.481 e. The molecule has 0 amide bonds. The molecule has 0 radical (unpaired) electrons. The van der Waals surface area contributed by atoms with Crippen LogP contribution in [0.1, 0.15) is 32.4 Å². The van der Waals surface area contributed by atoms with E-state index in [0.29, 0.717) is 12.4 Å². The van der Waals surface area contributed by atoms with Crippen LogP contribution in [0.5, 0.6) is 5.88 Å². The smallest absolute Gasteiger partial charge is 0.213 e. The lowest BCUT2D eigenvalue weighted by atomic mass is 10.3. The van der Waals surface area contributed by atoms with E-state index in [9.17, 15) is 0 Å². The van der Waals surface area contributed by atoms with Gasteiger partial charge in [-0.3, -0.25) is 0 Å². The molecule has 0 saturated heterocycles. The number of rotatable bonds is 10. The molecule has 132 valence electrons. The zero-order chi connectivity index (χ0) is 16.0. The molecule has 0 aliphatic carbocycles. The van der Waals surface area contributed by atoms with Crippen LogP contribution in [0.25, 0.3) is 0 Å². The van der Waals surface area contributed by atoms with Gasteiger partial charge in [0.2, 0.25) is 5.88 Å². The third-order valence-corrected chi connectivity index (χ3v) is 2.95. The van der Waals surface area contributed by atoms with Gasteiger partial charge in [0.05, 0.1) is 19.3 Å². The fraction of sp³-hybridized carbons (Fsp3) is 0.625. The number of nitrogens with zero attached hydrogens (tertiary/aromatic N) is 2.